The minimum atomic E-state index is -3.87. The fraction of sp³-hybridized carbons (Fsp3) is 0.639. The molecule has 52 heavy (non-hydrogen) atoms. The van der Waals surface area contributed by atoms with E-state index in [9.17, 15) is 27.6 Å². The van der Waals surface area contributed by atoms with Crippen LogP contribution in [0.1, 0.15) is 80.6 Å². The second kappa shape index (κ2) is 13.6. The van der Waals surface area contributed by atoms with Gasteiger partial charge in [0.25, 0.3) is 5.91 Å². The summed E-state index contributed by atoms with van der Waals surface area (Å²) in [6, 6.07) is 3.13. The molecule has 4 amide bonds. The maximum atomic E-state index is 14.5. The molecular formula is C36H49N5O10S. The van der Waals surface area contributed by atoms with Crippen LogP contribution >= 0.6 is 0 Å². The van der Waals surface area contributed by atoms with E-state index in [4.69, 9.17) is 18.9 Å². The zero-order valence-electron chi connectivity index (χ0n) is 30.7. The van der Waals surface area contributed by atoms with Crippen LogP contribution in [0.15, 0.2) is 24.4 Å². The number of alkyl carbamates (subject to hydrolysis) is 1. The first-order valence-electron chi connectivity index (χ1n) is 17.8. The molecular weight excluding hydrogens is 694 g/mol. The summed E-state index contributed by atoms with van der Waals surface area (Å²) in [5, 5.41) is 6.31. The third-order valence-electron chi connectivity index (χ3n) is 9.86. The molecule has 0 bridgehead atoms. The van der Waals surface area contributed by atoms with Crippen LogP contribution in [0.3, 0.4) is 0 Å². The lowest BCUT2D eigenvalue weighted by Crippen LogP contribution is -2.60. The van der Waals surface area contributed by atoms with Crippen LogP contribution < -0.4 is 29.6 Å². The third-order valence-corrected chi connectivity index (χ3v) is 11.7. The van der Waals surface area contributed by atoms with E-state index >= 15 is 0 Å². The van der Waals surface area contributed by atoms with Crippen molar-refractivity contribution in [2.45, 2.75) is 115 Å². The molecule has 1 aromatic carbocycles. The minimum absolute atomic E-state index is 0.0261. The topological polar surface area (TPSA) is 192 Å². The Kier molecular flexibility index (Phi) is 9.77. The highest BCUT2D eigenvalue weighted by atomic mass is 32.2. The van der Waals surface area contributed by atoms with E-state index in [1.54, 1.807) is 59.9 Å². The lowest BCUT2D eigenvalue weighted by molar-refractivity contribution is -0.143. The lowest BCUT2D eigenvalue weighted by Gasteiger charge is -2.36. The van der Waals surface area contributed by atoms with Gasteiger partial charge in [-0.15, -0.1) is 0 Å². The van der Waals surface area contributed by atoms with Gasteiger partial charge in [0, 0.05) is 23.4 Å². The molecule has 5 atom stereocenters. The number of likely N-dealkylation sites (tertiary alicyclic amines) is 1. The van der Waals surface area contributed by atoms with E-state index in [-0.39, 0.29) is 31.2 Å². The highest BCUT2D eigenvalue weighted by Gasteiger charge is 2.62. The van der Waals surface area contributed by atoms with Crippen LogP contribution in [-0.2, 0) is 29.1 Å². The van der Waals surface area contributed by atoms with Gasteiger partial charge in [-0.2, -0.15) is 0 Å². The van der Waals surface area contributed by atoms with Gasteiger partial charge in [0.2, 0.25) is 27.7 Å². The van der Waals surface area contributed by atoms with E-state index < -0.39 is 73.8 Å². The van der Waals surface area contributed by atoms with Crippen molar-refractivity contribution in [2.24, 2.45) is 11.3 Å². The van der Waals surface area contributed by atoms with E-state index in [0.29, 0.717) is 49.4 Å². The van der Waals surface area contributed by atoms with Gasteiger partial charge in [0.15, 0.2) is 11.5 Å². The van der Waals surface area contributed by atoms with Crippen LogP contribution in [-0.4, -0.2) is 96.5 Å². The average molecular weight is 744 g/mol. The summed E-state index contributed by atoms with van der Waals surface area (Å²) in [4.78, 5) is 61.1. The molecule has 2 aliphatic heterocycles. The van der Waals surface area contributed by atoms with Crippen LogP contribution in [0.5, 0.6) is 17.4 Å². The Morgan fingerprint density at radius 3 is 2.38 bits per heavy atom. The first-order valence-corrected chi connectivity index (χ1v) is 19.4. The summed E-state index contributed by atoms with van der Waals surface area (Å²) < 4.78 is 51.1. The largest absolute Gasteiger partial charge is 0.486 e. The van der Waals surface area contributed by atoms with Gasteiger partial charge in [-0.25, -0.2) is 18.2 Å². The summed E-state index contributed by atoms with van der Waals surface area (Å²) in [6.07, 6.45) is 1.80. The number of amides is 4. The van der Waals surface area contributed by atoms with E-state index in [0.717, 1.165) is 5.39 Å². The van der Waals surface area contributed by atoms with Crippen molar-refractivity contribution in [3.05, 3.63) is 24.4 Å². The molecule has 2 aliphatic carbocycles. The Morgan fingerprint density at radius 1 is 1.04 bits per heavy atom. The quantitative estimate of drug-likeness (QED) is 0.324. The molecule has 3 heterocycles. The van der Waals surface area contributed by atoms with Crippen LogP contribution in [0.25, 0.3) is 10.8 Å². The summed E-state index contributed by atoms with van der Waals surface area (Å²) >= 11 is 0. The van der Waals surface area contributed by atoms with Crippen molar-refractivity contribution in [3.8, 4) is 17.4 Å². The number of aromatic nitrogens is 1. The van der Waals surface area contributed by atoms with Crippen LogP contribution in [0.4, 0.5) is 4.79 Å². The van der Waals surface area contributed by atoms with Crippen LogP contribution in [0, 0.1) is 11.3 Å². The Balaban J connectivity index is 1.29. The predicted octanol–water partition coefficient (Wildman–Crippen LogP) is 3.19. The minimum Gasteiger partial charge on any atom is -0.486 e. The molecule has 3 fully saturated rings. The van der Waals surface area contributed by atoms with Crippen LogP contribution in [0.2, 0.25) is 0 Å². The fourth-order valence-electron chi connectivity index (χ4n) is 6.90. The second-order valence-electron chi connectivity index (χ2n) is 16.2. The number of hydrogen-bond acceptors (Lipinski definition) is 11. The van der Waals surface area contributed by atoms with Gasteiger partial charge in [0.1, 0.15) is 42.5 Å². The molecule has 1 saturated heterocycles. The third kappa shape index (κ3) is 7.71. The number of nitrogens with zero attached hydrogens (tertiary/aromatic N) is 2. The Morgan fingerprint density at radius 2 is 1.75 bits per heavy atom. The number of carbonyl (C=O) groups excluding carboxylic acids is 4. The molecule has 0 spiro atoms. The van der Waals surface area contributed by atoms with Crippen molar-refractivity contribution < 1.29 is 46.5 Å². The molecule has 4 aliphatic rings. The summed E-state index contributed by atoms with van der Waals surface area (Å²) in [5.41, 5.74) is -3.08. The first-order chi connectivity index (χ1) is 24.3. The predicted molar refractivity (Wildman–Crippen MR) is 189 cm³/mol. The van der Waals surface area contributed by atoms with Crippen molar-refractivity contribution in [1.82, 2.24) is 25.2 Å². The maximum Gasteiger partial charge on any atom is 0.408 e. The first kappa shape index (κ1) is 37.4. The zero-order chi connectivity index (χ0) is 37.8. The van der Waals surface area contributed by atoms with Crippen molar-refractivity contribution in [2.75, 3.05) is 19.8 Å². The number of benzene rings is 1. The highest BCUT2D eigenvalue weighted by Crippen LogP contribution is 2.47. The molecule has 2 aromatic rings. The summed E-state index contributed by atoms with van der Waals surface area (Å²) in [6.45, 7) is 13.1. The van der Waals surface area contributed by atoms with Crippen molar-refractivity contribution in [1.29, 1.82) is 0 Å². The molecule has 16 heteroatoms. The molecule has 2 saturated carbocycles. The number of rotatable bonds is 10. The molecule has 0 unspecified atom stereocenters. The van der Waals surface area contributed by atoms with Gasteiger partial charge in [-0.3, -0.25) is 19.1 Å². The number of sulfonamides is 1. The van der Waals surface area contributed by atoms with Crippen molar-refractivity contribution in [3.63, 3.8) is 0 Å². The van der Waals surface area contributed by atoms with Gasteiger partial charge in [0.05, 0.1) is 11.8 Å². The van der Waals surface area contributed by atoms with Gasteiger partial charge in [-0.1, -0.05) is 34.1 Å². The molecule has 3 N–H and O–H groups in total. The van der Waals surface area contributed by atoms with Gasteiger partial charge in [-0.05, 0) is 69.6 Å². The molecule has 15 nitrogen and oxygen atoms in total. The van der Waals surface area contributed by atoms with E-state index in [1.165, 1.54) is 4.90 Å². The number of pyridine rings is 1. The number of hydrogen-bond donors (Lipinski definition) is 3. The number of carbonyl (C=O) groups is 4. The number of ether oxygens (including phenoxy) is 4. The number of nitrogens with one attached hydrogen (secondary N) is 3. The van der Waals surface area contributed by atoms with Gasteiger partial charge >= 0.3 is 6.09 Å². The zero-order valence-corrected chi connectivity index (χ0v) is 31.6. The monoisotopic (exact) mass is 743 g/mol. The Labute approximate surface area is 303 Å². The fourth-order valence-corrected chi connectivity index (χ4v) is 8.26. The highest BCUT2D eigenvalue weighted by molar-refractivity contribution is 7.91. The smallest absolute Gasteiger partial charge is 0.408 e. The summed E-state index contributed by atoms with van der Waals surface area (Å²) in [5.74, 6) is -0.822. The SMILES string of the molecule is CC[C@@H]1C[C@]1(NC(=O)[C@@H]1C[C@@H](Oc2nccc3c4c(ccc23)OCCO4)CN1C(=O)[C@@H](NC(=O)OC(C)(C)C)C(C)(C)C)C(=O)NS(=O)(=O)C1CC1. The maximum absolute atomic E-state index is 14.5. The number of fused-ring (bicyclic) bond motifs is 3. The molecule has 6 rings (SSSR count). The van der Waals surface area contributed by atoms with E-state index in [1.807, 2.05) is 13.0 Å². The standard InChI is InChI=1S/C36H49N5O10S/c1-8-20-18-36(20,32(44)40-52(46,47)22-9-10-22)39-29(42)25-17-21(19-41(25)31(43)28(34(2,3)4)38-33(45)51-35(5,6)7)50-30-24-11-12-26-27(49-16-15-48-26)23(24)13-14-37-30/h11-14,20-22,25,28H,8-10,15-19H2,1-7H3,(H,38,45)(H,39,42)(H,40,44)/t20-,21-,25+,28-,36-/m1/s1. The Hall–Kier alpha value is -4.34. The van der Waals surface area contributed by atoms with E-state index in [2.05, 4.69) is 20.3 Å². The lowest BCUT2D eigenvalue weighted by atomic mass is 9.85. The van der Waals surface area contributed by atoms with Crippen molar-refractivity contribution >= 4 is 44.6 Å². The summed E-state index contributed by atoms with van der Waals surface area (Å²) in [7, 11) is -3.87. The van der Waals surface area contributed by atoms with Gasteiger partial charge < -0.3 is 34.5 Å². The molecule has 284 valence electrons. The Bertz CT molecular complexity index is 1870. The second-order valence-corrected chi connectivity index (χ2v) is 18.1. The molecule has 1 aromatic heterocycles. The normalized spacial score (nSPS) is 24.8. The average Bonchev–Trinajstić information content (AvgIpc) is 3.99. The molecule has 0 radical (unpaired) electrons.